The summed E-state index contributed by atoms with van der Waals surface area (Å²) in [6.07, 6.45) is 0. The number of hydrogen-bond donors (Lipinski definition) is 1. The molecule has 4 rings (SSSR count). The molecule has 2 aromatic carbocycles. The molecule has 7 nitrogen and oxygen atoms in total. The van der Waals surface area contributed by atoms with Gasteiger partial charge < -0.3 is 5.32 Å². The monoisotopic (exact) mass is 408 g/mol. The number of thioether (sulfide) groups is 1. The number of nitro benzene ring substituents is 1. The Kier molecular flexibility index (Phi) is 4.87. The van der Waals surface area contributed by atoms with Crippen LogP contribution in [0.15, 0.2) is 36.4 Å². The molecular weight excluding hydrogens is 388 g/mol. The second kappa shape index (κ2) is 7.36. The number of anilines is 1. The minimum Gasteiger partial charge on any atom is -0.306 e. The van der Waals surface area contributed by atoms with Crippen LogP contribution in [0.4, 0.5) is 11.5 Å². The highest BCUT2D eigenvalue weighted by atomic mass is 32.2. The lowest BCUT2D eigenvalue weighted by Gasteiger charge is -2.15. The van der Waals surface area contributed by atoms with Crippen molar-refractivity contribution in [1.29, 1.82) is 0 Å². The summed E-state index contributed by atoms with van der Waals surface area (Å²) in [4.78, 5) is 23.8. The minimum absolute atomic E-state index is 0.0681. The normalized spacial score (nSPS) is 12.7. The first-order chi connectivity index (χ1) is 13.9. The van der Waals surface area contributed by atoms with E-state index < -0.39 is 4.92 Å². The van der Waals surface area contributed by atoms with Crippen molar-refractivity contribution in [2.45, 2.75) is 32.3 Å². The molecule has 1 N–H and O–H groups in total. The quantitative estimate of drug-likeness (QED) is 0.499. The van der Waals surface area contributed by atoms with Crippen LogP contribution in [0.1, 0.15) is 38.3 Å². The number of nitrogens with zero attached hydrogens (tertiary/aromatic N) is 3. The van der Waals surface area contributed by atoms with Crippen LogP contribution in [-0.2, 0) is 11.5 Å². The van der Waals surface area contributed by atoms with Crippen LogP contribution in [0.25, 0.3) is 5.69 Å². The lowest BCUT2D eigenvalue weighted by atomic mass is 10.1. The van der Waals surface area contributed by atoms with Crippen molar-refractivity contribution in [2.24, 2.45) is 0 Å². The zero-order valence-electron chi connectivity index (χ0n) is 16.4. The average Bonchev–Trinajstić information content (AvgIpc) is 3.26. The summed E-state index contributed by atoms with van der Waals surface area (Å²) in [6, 6.07) is 10.5. The Balaban J connectivity index is 1.79. The van der Waals surface area contributed by atoms with Crippen molar-refractivity contribution in [3.8, 4) is 5.69 Å². The fourth-order valence-corrected chi connectivity index (χ4v) is 4.56. The number of nitro groups is 1. The highest BCUT2D eigenvalue weighted by molar-refractivity contribution is 7.98. The van der Waals surface area contributed by atoms with E-state index >= 15 is 0 Å². The molecule has 0 unspecified atom stereocenters. The maximum atomic E-state index is 13.1. The van der Waals surface area contributed by atoms with E-state index in [1.807, 2.05) is 32.0 Å². The van der Waals surface area contributed by atoms with Crippen LogP contribution >= 0.6 is 11.8 Å². The lowest BCUT2D eigenvalue weighted by Crippen LogP contribution is -2.18. The molecule has 0 spiro atoms. The molecule has 0 atom stereocenters. The summed E-state index contributed by atoms with van der Waals surface area (Å²) in [5.74, 6) is 1.82. The lowest BCUT2D eigenvalue weighted by molar-refractivity contribution is -0.385. The fraction of sp³-hybridized carbons (Fsp3) is 0.238. The predicted molar refractivity (Wildman–Crippen MR) is 114 cm³/mol. The Morgan fingerprint density at radius 2 is 1.90 bits per heavy atom. The molecule has 148 valence electrons. The number of carbonyl (C=O) groups is 1. The zero-order chi connectivity index (χ0) is 20.7. The maximum absolute atomic E-state index is 13.1. The first-order valence-corrected chi connectivity index (χ1v) is 10.3. The van der Waals surface area contributed by atoms with Gasteiger partial charge in [-0.3, -0.25) is 14.9 Å². The van der Waals surface area contributed by atoms with Gasteiger partial charge in [0.2, 0.25) is 0 Å². The first-order valence-electron chi connectivity index (χ1n) is 9.19. The molecule has 0 bridgehead atoms. The van der Waals surface area contributed by atoms with Crippen molar-refractivity contribution in [3.63, 3.8) is 0 Å². The van der Waals surface area contributed by atoms with Gasteiger partial charge in [-0.25, -0.2) is 4.68 Å². The molecule has 1 aliphatic heterocycles. The second-order valence-corrected chi connectivity index (χ2v) is 8.04. The van der Waals surface area contributed by atoms with E-state index in [9.17, 15) is 14.9 Å². The standard InChI is InChI=1S/C21H20N4O3S/c1-12-6-4-8-18(13(12)2)24-20(16-10-29-11-17(16)23-24)22-21(26)15-7-5-9-19(14(15)3)25(27)28/h4-9H,10-11H2,1-3H3,(H,22,26). The second-order valence-electron chi connectivity index (χ2n) is 7.06. The van der Waals surface area contributed by atoms with Crippen molar-refractivity contribution in [3.05, 3.63) is 80.0 Å². The molecule has 2 heterocycles. The Labute approximate surface area is 172 Å². The third-order valence-electron chi connectivity index (χ3n) is 5.33. The van der Waals surface area contributed by atoms with Gasteiger partial charge in [-0.1, -0.05) is 18.2 Å². The molecule has 0 fully saturated rings. The maximum Gasteiger partial charge on any atom is 0.273 e. The van der Waals surface area contributed by atoms with Crippen LogP contribution in [0.2, 0.25) is 0 Å². The molecule has 3 aromatic rings. The van der Waals surface area contributed by atoms with E-state index in [2.05, 4.69) is 5.32 Å². The highest BCUT2D eigenvalue weighted by Gasteiger charge is 2.27. The molecule has 0 saturated heterocycles. The third kappa shape index (κ3) is 3.29. The van der Waals surface area contributed by atoms with E-state index in [1.54, 1.807) is 29.4 Å². The van der Waals surface area contributed by atoms with Crippen LogP contribution in [0, 0.1) is 30.9 Å². The predicted octanol–water partition coefficient (Wildman–Crippen LogP) is 4.70. The summed E-state index contributed by atoms with van der Waals surface area (Å²) in [7, 11) is 0. The highest BCUT2D eigenvalue weighted by Crippen LogP contribution is 2.37. The smallest absolute Gasteiger partial charge is 0.273 e. The number of hydrogen-bond acceptors (Lipinski definition) is 5. The molecule has 0 aliphatic carbocycles. The minimum atomic E-state index is -0.471. The number of carbonyl (C=O) groups excluding carboxylic acids is 1. The fourth-order valence-electron chi connectivity index (χ4n) is 3.52. The summed E-state index contributed by atoms with van der Waals surface area (Å²) in [5.41, 5.74) is 5.67. The van der Waals surface area contributed by atoms with E-state index in [1.165, 1.54) is 12.1 Å². The van der Waals surface area contributed by atoms with E-state index in [4.69, 9.17) is 5.10 Å². The first kappa shape index (κ1) is 19.2. The summed E-state index contributed by atoms with van der Waals surface area (Å²) < 4.78 is 1.79. The number of nitrogens with one attached hydrogen (secondary N) is 1. The van der Waals surface area contributed by atoms with Gasteiger partial charge in [0, 0.05) is 34.3 Å². The Morgan fingerprint density at radius 3 is 2.66 bits per heavy atom. The summed E-state index contributed by atoms with van der Waals surface area (Å²) in [6.45, 7) is 5.66. The van der Waals surface area contributed by atoms with Gasteiger partial charge in [0.05, 0.1) is 16.3 Å². The number of amides is 1. The van der Waals surface area contributed by atoms with E-state index in [0.29, 0.717) is 11.4 Å². The number of rotatable bonds is 4. The number of aromatic nitrogens is 2. The molecule has 0 radical (unpaired) electrons. The van der Waals surface area contributed by atoms with Crippen LogP contribution in [0.5, 0.6) is 0 Å². The Bertz CT molecular complexity index is 1150. The van der Waals surface area contributed by atoms with Crippen LogP contribution in [-0.4, -0.2) is 20.6 Å². The van der Waals surface area contributed by atoms with Crippen LogP contribution < -0.4 is 5.32 Å². The number of fused-ring (bicyclic) bond motifs is 1. The third-order valence-corrected chi connectivity index (χ3v) is 6.30. The average molecular weight is 408 g/mol. The van der Waals surface area contributed by atoms with Gasteiger partial charge in [0.1, 0.15) is 5.82 Å². The van der Waals surface area contributed by atoms with Gasteiger partial charge in [-0.05, 0) is 44.0 Å². The SMILES string of the molecule is Cc1cccc(-n2nc3c(c2NC(=O)c2cccc([N+](=O)[O-])c2C)CSC3)c1C. The van der Waals surface area contributed by atoms with Crippen molar-refractivity contribution in [1.82, 2.24) is 9.78 Å². The molecule has 0 saturated carbocycles. The van der Waals surface area contributed by atoms with E-state index in [-0.39, 0.29) is 17.2 Å². The van der Waals surface area contributed by atoms with Crippen molar-refractivity contribution >= 4 is 29.2 Å². The number of benzene rings is 2. The molecule has 8 heteroatoms. The molecular formula is C21H20N4O3S. The number of aryl methyl sites for hydroxylation is 1. The van der Waals surface area contributed by atoms with Crippen LogP contribution in [0.3, 0.4) is 0 Å². The summed E-state index contributed by atoms with van der Waals surface area (Å²) in [5, 5.41) is 19.0. The largest absolute Gasteiger partial charge is 0.306 e. The van der Waals surface area contributed by atoms with Gasteiger partial charge in [0.15, 0.2) is 0 Å². The zero-order valence-corrected chi connectivity index (χ0v) is 17.2. The van der Waals surface area contributed by atoms with Gasteiger partial charge >= 0.3 is 0 Å². The molecule has 1 aliphatic rings. The van der Waals surface area contributed by atoms with Gasteiger partial charge in [-0.2, -0.15) is 16.9 Å². The molecule has 1 aromatic heterocycles. The molecule has 1 amide bonds. The summed E-state index contributed by atoms with van der Waals surface area (Å²) >= 11 is 1.75. The topological polar surface area (TPSA) is 90.1 Å². The van der Waals surface area contributed by atoms with Crippen molar-refractivity contribution in [2.75, 3.05) is 5.32 Å². The van der Waals surface area contributed by atoms with E-state index in [0.717, 1.165) is 39.6 Å². The van der Waals surface area contributed by atoms with Gasteiger partial charge in [-0.15, -0.1) is 0 Å². The molecule has 29 heavy (non-hydrogen) atoms. The Morgan fingerprint density at radius 1 is 1.14 bits per heavy atom. The van der Waals surface area contributed by atoms with Crippen molar-refractivity contribution < 1.29 is 9.72 Å². The Hall–Kier alpha value is -3.13. The van der Waals surface area contributed by atoms with Gasteiger partial charge in [0.25, 0.3) is 11.6 Å².